The van der Waals surface area contributed by atoms with Crippen LogP contribution < -0.4 is 10.6 Å². The second kappa shape index (κ2) is 4.07. The van der Waals surface area contributed by atoms with Crippen LogP contribution in [0.2, 0.25) is 0 Å². The number of anilines is 2. The second-order valence-electron chi connectivity index (χ2n) is 5.30. The first-order valence-corrected chi connectivity index (χ1v) is 6.92. The summed E-state index contributed by atoms with van der Waals surface area (Å²) in [5, 5.41) is 9.29. The van der Waals surface area contributed by atoms with E-state index in [4.69, 9.17) is 9.97 Å². The van der Waals surface area contributed by atoms with Crippen LogP contribution in [0.15, 0.2) is 24.3 Å². The number of aromatic nitrogens is 2. The summed E-state index contributed by atoms with van der Waals surface area (Å²) in [4.78, 5) is 9.45. The molecule has 0 radical (unpaired) electrons. The van der Waals surface area contributed by atoms with Gasteiger partial charge >= 0.3 is 0 Å². The van der Waals surface area contributed by atoms with Crippen molar-refractivity contribution in [3.63, 3.8) is 0 Å². The van der Waals surface area contributed by atoms with Crippen molar-refractivity contribution in [2.45, 2.75) is 13.8 Å². The average Bonchev–Trinajstić information content (AvgIpc) is 2.47. The smallest absolute Gasteiger partial charge is 0.0990 e. The maximum atomic E-state index is 4.72. The van der Waals surface area contributed by atoms with Crippen LogP contribution in [-0.4, -0.2) is 23.1 Å². The van der Waals surface area contributed by atoms with Crippen LogP contribution in [0.1, 0.15) is 11.4 Å². The zero-order valence-electron chi connectivity index (χ0n) is 11.6. The standard InChI is InChI=1S/C16H16N4/c1-9-3-5-11-13-14(18-8-7-17-13)12-6-4-10(2)20-16(12)15(11)19-9/h3-6,17-18H,7-8H2,1-2H3. The highest BCUT2D eigenvalue weighted by molar-refractivity contribution is 6.17. The SMILES string of the molecule is Cc1ccc2c3c(c4ccc(C)nc4c2n1)NCCN3. The van der Waals surface area contributed by atoms with Crippen molar-refractivity contribution in [2.75, 3.05) is 23.7 Å². The molecule has 0 saturated carbocycles. The summed E-state index contributed by atoms with van der Waals surface area (Å²) in [6.07, 6.45) is 0. The van der Waals surface area contributed by atoms with Crippen LogP contribution in [0.4, 0.5) is 11.4 Å². The molecule has 20 heavy (non-hydrogen) atoms. The Labute approximate surface area is 117 Å². The van der Waals surface area contributed by atoms with E-state index in [2.05, 4.69) is 34.9 Å². The second-order valence-corrected chi connectivity index (χ2v) is 5.30. The van der Waals surface area contributed by atoms with Gasteiger partial charge < -0.3 is 10.6 Å². The number of nitrogens with one attached hydrogen (secondary N) is 2. The molecule has 1 aliphatic heterocycles. The first-order valence-electron chi connectivity index (χ1n) is 6.92. The van der Waals surface area contributed by atoms with E-state index >= 15 is 0 Å². The molecular weight excluding hydrogens is 248 g/mol. The van der Waals surface area contributed by atoms with Crippen LogP contribution in [0.25, 0.3) is 21.8 Å². The lowest BCUT2D eigenvalue weighted by molar-refractivity contribution is 1.05. The summed E-state index contributed by atoms with van der Waals surface area (Å²) in [7, 11) is 0. The lowest BCUT2D eigenvalue weighted by atomic mass is 10.0. The van der Waals surface area contributed by atoms with Gasteiger partial charge in [0.15, 0.2) is 0 Å². The third-order valence-electron chi connectivity index (χ3n) is 3.81. The Hall–Kier alpha value is -2.36. The van der Waals surface area contributed by atoms with Crippen molar-refractivity contribution in [1.29, 1.82) is 0 Å². The number of rotatable bonds is 0. The number of hydrogen-bond acceptors (Lipinski definition) is 4. The minimum Gasteiger partial charge on any atom is -0.381 e. The van der Waals surface area contributed by atoms with Gasteiger partial charge in [0.05, 0.1) is 22.4 Å². The number of aryl methyl sites for hydroxylation is 2. The molecule has 0 saturated heterocycles. The van der Waals surface area contributed by atoms with E-state index in [0.29, 0.717) is 0 Å². The highest BCUT2D eigenvalue weighted by atomic mass is 15.0. The Morgan fingerprint density at radius 3 is 1.65 bits per heavy atom. The number of fused-ring (bicyclic) bond motifs is 6. The molecule has 100 valence electrons. The Morgan fingerprint density at radius 2 is 1.20 bits per heavy atom. The van der Waals surface area contributed by atoms with Gasteiger partial charge in [-0.05, 0) is 38.1 Å². The Bertz CT molecular complexity index is 768. The van der Waals surface area contributed by atoms with Gasteiger partial charge in [-0.3, -0.25) is 9.97 Å². The van der Waals surface area contributed by atoms with Crippen LogP contribution in [0, 0.1) is 13.8 Å². The molecule has 0 bridgehead atoms. The quantitative estimate of drug-likeness (QED) is 0.612. The van der Waals surface area contributed by atoms with Crippen molar-refractivity contribution < 1.29 is 0 Å². The predicted octanol–water partition coefficient (Wildman–Crippen LogP) is 3.24. The van der Waals surface area contributed by atoms with E-state index in [0.717, 1.165) is 57.7 Å². The molecular formula is C16H16N4. The van der Waals surface area contributed by atoms with Crippen molar-refractivity contribution in [3.8, 4) is 0 Å². The normalized spacial score (nSPS) is 13.9. The Morgan fingerprint density at radius 1 is 0.750 bits per heavy atom. The average molecular weight is 264 g/mol. The van der Waals surface area contributed by atoms with E-state index in [9.17, 15) is 0 Å². The lowest BCUT2D eigenvalue weighted by Crippen LogP contribution is -2.21. The fraction of sp³-hybridized carbons (Fsp3) is 0.250. The van der Waals surface area contributed by atoms with Crippen LogP contribution >= 0.6 is 0 Å². The van der Waals surface area contributed by atoms with Crippen LogP contribution in [0.5, 0.6) is 0 Å². The summed E-state index contributed by atoms with van der Waals surface area (Å²) in [5.41, 5.74) is 6.31. The molecule has 3 aromatic rings. The van der Waals surface area contributed by atoms with Gasteiger partial charge in [0.2, 0.25) is 0 Å². The molecule has 0 fully saturated rings. The van der Waals surface area contributed by atoms with Gasteiger partial charge in [0.25, 0.3) is 0 Å². The predicted molar refractivity (Wildman–Crippen MR) is 83.5 cm³/mol. The van der Waals surface area contributed by atoms with E-state index in [-0.39, 0.29) is 0 Å². The van der Waals surface area contributed by atoms with Gasteiger partial charge in [-0.15, -0.1) is 0 Å². The van der Waals surface area contributed by atoms with Crippen molar-refractivity contribution in [2.24, 2.45) is 0 Å². The topological polar surface area (TPSA) is 49.8 Å². The molecule has 0 spiro atoms. The molecule has 2 aromatic heterocycles. The molecule has 0 amide bonds. The molecule has 4 heteroatoms. The summed E-state index contributed by atoms with van der Waals surface area (Å²) in [5.74, 6) is 0. The molecule has 4 nitrogen and oxygen atoms in total. The molecule has 4 rings (SSSR count). The minimum absolute atomic E-state index is 0.931. The third kappa shape index (κ3) is 1.54. The Balaban J connectivity index is 2.26. The van der Waals surface area contributed by atoms with Gasteiger partial charge in [-0.25, -0.2) is 0 Å². The number of hydrogen-bond donors (Lipinski definition) is 2. The fourth-order valence-electron chi connectivity index (χ4n) is 2.89. The van der Waals surface area contributed by atoms with Gasteiger partial charge in [0, 0.05) is 35.2 Å². The van der Waals surface area contributed by atoms with E-state index in [1.807, 2.05) is 13.8 Å². The van der Waals surface area contributed by atoms with Gasteiger partial charge in [0.1, 0.15) is 0 Å². The third-order valence-corrected chi connectivity index (χ3v) is 3.81. The minimum atomic E-state index is 0.931. The highest BCUT2D eigenvalue weighted by Gasteiger charge is 2.18. The van der Waals surface area contributed by atoms with E-state index < -0.39 is 0 Å². The number of benzene rings is 1. The van der Waals surface area contributed by atoms with Crippen LogP contribution in [-0.2, 0) is 0 Å². The first-order chi connectivity index (χ1) is 9.74. The molecule has 1 aliphatic rings. The number of nitrogens with zero attached hydrogens (tertiary/aromatic N) is 2. The van der Waals surface area contributed by atoms with Gasteiger partial charge in [-0.2, -0.15) is 0 Å². The zero-order valence-corrected chi connectivity index (χ0v) is 11.6. The monoisotopic (exact) mass is 264 g/mol. The van der Waals surface area contributed by atoms with Crippen molar-refractivity contribution >= 4 is 33.2 Å². The summed E-state index contributed by atoms with van der Waals surface area (Å²) in [6.45, 7) is 5.90. The largest absolute Gasteiger partial charge is 0.381 e. The van der Waals surface area contributed by atoms with Crippen LogP contribution in [0.3, 0.4) is 0 Å². The molecule has 2 N–H and O–H groups in total. The first kappa shape index (κ1) is 11.5. The molecule has 3 heterocycles. The Kier molecular flexibility index (Phi) is 2.33. The summed E-state index contributed by atoms with van der Waals surface area (Å²) in [6, 6.07) is 8.39. The molecule has 0 atom stereocenters. The fourth-order valence-corrected chi connectivity index (χ4v) is 2.89. The van der Waals surface area contributed by atoms with Gasteiger partial charge in [-0.1, -0.05) is 0 Å². The summed E-state index contributed by atoms with van der Waals surface area (Å²) < 4.78 is 0. The molecule has 1 aromatic carbocycles. The van der Waals surface area contributed by atoms with E-state index in [1.165, 1.54) is 0 Å². The number of pyridine rings is 2. The van der Waals surface area contributed by atoms with Crippen molar-refractivity contribution in [1.82, 2.24) is 9.97 Å². The van der Waals surface area contributed by atoms with Crippen molar-refractivity contribution in [3.05, 3.63) is 35.7 Å². The molecule has 0 unspecified atom stereocenters. The highest BCUT2D eigenvalue weighted by Crippen LogP contribution is 2.39. The maximum Gasteiger partial charge on any atom is 0.0990 e. The summed E-state index contributed by atoms with van der Waals surface area (Å²) >= 11 is 0. The molecule has 0 aliphatic carbocycles. The van der Waals surface area contributed by atoms with E-state index in [1.54, 1.807) is 0 Å². The maximum absolute atomic E-state index is 4.72. The zero-order chi connectivity index (χ0) is 13.7. The lowest BCUT2D eigenvalue weighted by Gasteiger charge is -2.23.